The molecule has 0 aromatic carbocycles. The van der Waals surface area contributed by atoms with Crippen molar-refractivity contribution in [3.05, 3.63) is 18.7 Å². The minimum Gasteiger partial charge on any atom is -0.328 e. The molecule has 0 aliphatic rings. The molecular weight excluding hydrogens is 145 g/mol. The Labute approximate surface area is 55.3 Å². The fourth-order valence-corrected chi connectivity index (χ4v) is 0.542. The van der Waals surface area contributed by atoms with E-state index in [1.54, 1.807) is 0 Å². The van der Waals surface area contributed by atoms with Crippen LogP contribution in [-0.4, -0.2) is 15.7 Å². The highest BCUT2D eigenvalue weighted by Crippen LogP contribution is 2.16. The Morgan fingerprint density at radius 3 is 2.60 bits per heavy atom. The molecule has 1 rings (SSSR count). The first kappa shape index (κ1) is 7.11. The number of nitrogens with zero attached hydrogens (tertiary/aromatic N) is 2. The SMILES string of the molecule is FC(F)(F)Cn1c[c]nc1. The number of alkyl halides is 3. The maximum Gasteiger partial charge on any atom is 0.406 e. The summed E-state index contributed by atoms with van der Waals surface area (Å²) in [4.78, 5) is 3.34. The first-order chi connectivity index (χ1) is 4.58. The van der Waals surface area contributed by atoms with Gasteiger partial charge < -0.3 is 4.57 Å². The fourth-order valence-electron chi connectivity index (χ4n) is 0.542. The molecule has 0 aliphatic carbocycles. The summed E-state index contributed by atoms with van der Waals surface area (Å²) in [5.74, 6) is 0. The zero-order valence-corrected chi connectivity index (χ0v) is 4.89. The van der Waals surface area contributed by atoms with E-state index in [1.807, 2.05) is 0 Å². The van der Waals surface area contributed by atoms with E-state index < -0.39 is 12.7 Å². The van der Waals surface area contributed by atoms with Crippen LogP contribution in [0.4, 0.5) is 13.2 Å². The van der Waals surface area contributed by atoms with Gasteiger partial charge in [-0.25, -0.2) is 4.98 Å². The molecule has 0 aliphatic heterocycles. The molecule has 0 fully saturated rings. The molecule has 1 aromatic heterocycles. The summed E-state index contributed by atoms with van der Waals surface area (Å²) in [5, 5.41) is 0. The lowest BCUT2D eigenvalue weighted by Gasteiger charge is -2.04. The van der Waals surface area contributed by atoms with Crippen LogP contribution in [0, 0.1) is 6.20 Å². The number of aromatic nitrogens is 2. The standard InChI is InChI=1S/C5H4F3N2/c6-5(7,8)3-10-2-1-9-4-10/h2,4H,3H2. The largest absolute Gasteiger partial charge is 0.406 e. The predicted octanol–water partition coefficient (Wildman–Crippen LogP) is 1.25. The molecule has 2 nitrogen and oxygen atoms in total. The third-order valence-corrected chi connectivity index (χ3v) is 0.866. The Kier molecular flexibility index (Phi) is 1.65. The average molecular weight is 149 g/mol. The Morgan fingerprint density at radius 2 is 2.20 bits per heavy atom. The van der Waals surface area contributed by atoms with Crippen molar-refractivity contribution < 1.29 is 13.2 Å². The van der Waals surface area contributed by atoms with E-state index in [0.29, 0.717) is 0 Å². The minimum absolute atomic E-state index is 0.917. The van der Waals surface area contributed by atoms with Crippen LogP contribution in [-0.2, 0) is 6.54 Å². The van der Waals surface area contributed by atoms with Crippen LogP contribution in [0.15, 0.2) is 12.5 Å². The van der Waals surface area contributed by atoms with Gasteiger partial charge in [0.25, 0.3) is 0 Å². The van der Waals surface area contributed by atoms with Gasteiger partial charge in [-0.2, -0.15) is 13.2 Å². The third kappa shape index (κ3) is 2.08. The molecule has 0 bridgehead atoms. The second-order valence-electron chi connectivity index (χ2n) is 1.79. The molecular formula is C5H4F3N2. The van der Waals surface area contributed by atoms with Crippen molar-refractivity contribution in [3.63, 3.8) is 0 Å². The Balaban J connectivity index is 2.57. The smallest absolute Gasteiger partial charge is 0.328 e. The molecule has 0 saturated carbocycles. The molecule has 1 radical (unpaired) electrons. The summed E-state index contributed by atoms with van der Waals surface area (Å²) in [5.41, 5.74) is 0. The highest BCUT2D eigenvalue weighted by molar-refractivity contribution is 4.73. The van der Waals surface area contributed by atoms with Crippen molar-refractivity contribution >= 4 is 0 Å². The highest BCUT2D eigenvalue weighted by atomic mass is 19.4. The Morgan fingerprint density at radius 1 is 1.50 bits per heavy atom. The first-order valence-corrected chi connectivity index (χ1v) is 2.52. The molecule has 1 heterocycles. The van der Waals surface area contributed by atoms with Gasteiger partial charge in [0.2, 0.25) is 0 Å². The molecule has 0 amide bonds. The molecule has 0 spiro atoms. The number of hydrogen-bond donors (Lipinski definition) is 0. The van der Waals surface area contributed by atoms with Crippen molar-refractivity contribution in [2.24, 2.45) is 0 Å². The van der Waals surface area contributed by atoms with Crippen molar-refractivity contribution in [2.75, 3.05) is 0 Å². The quantitative estimate of drug-likeness (QED) is 0.587. The lowest BCUT2D eigenvalue weighted by Crippen LogP contribution is -2.16. The van der Waals surface area contributed by atoms with Gasteiger partial charge in [0.15, 0.2) is 0 Å². The van der Waals surface area contributed by atoms with E-state index in [9.17, 15) is 13.2 Å². The van der Waals surface area contributed by atoms with Crippen LogP contribution in [0.25, 0.3) is 0 Å². The Bertz CT molecular complexity index is 189. The summed E-state index contributed by atoms with van der Waals surface area (Å²) in [7, 11) is 0. The lowest BCUT2D eigenvalue weighted by molar-refractivity contribution is -0.140. The van der Waals surface area contributed by atoms with E-state index in [1.165, 1.54) is 0 Å². The van der Waals surface area contributed by atoms with Gasteiger partial charge in [-0.3, -0.25) is 0 Å². The zero-order valence-electron chi connectivity index (χ0n) is 4.89. The average Bonchev–Trinajstić information content (AvgIpc) is 2.12. The maximum absolute atomic E-state index is 11.6. The molecule has 1 aromatic rings. The maximum atomic E-state index is 11.6. The van der Waals surface area contributed by atoms with Crippen LogP contribution < -0.4 is 0 Å². The molecule has 0 atom stereocenters. The lowest BCUT2D eigenvalue weighted by atomic mass is 10.6. The molecule has 0 saturated heterocycles. The van der Waals surface area contributed by atoms with Crippen LogP contribution in [0.1, 0.15) is 0 Å². The van der Waals surface area contributed by atoms with Crippen molar-refractivity contribution in [1.82, 2.24) is 9.55 Å². The van der Waals surface area contributed by atoms with Crippen molar-refractivity contribution in [3.8, 4) is 0 Å². The van der Waals surface area contributed by atoms with Gasteiger partial charge in [0.1, 0.15) is 12.7 Å². The number of rotatable bonds is 1. The van der Waals surface area contributed by atoms with E-state index >= 15 is 0 Å². The summed E-state index contributed by atoms with van der Waals surface area (Å²) in [6, 6.07) is 0. The molecule has 5 heteroatoms. The van der Waals surface area contributed by atoms with Gasteiger partial charge in [-0.05, 0) is 0 Å². The molecule has 10 heavy (non-hydrogen) atoms. The normalized spacial score (nSPS) is 11.9. The van der Waals surface area contributed by atoms with E-state index in [-0.39, 0.29) is 0 Å². The topological polar surface area (TPSA) is 17.8 Å². The highest BCUT2D eigenvalue weighted by Gasteiger charge is 2.27. The first-order valence-electron chi connectivity index (χ1n) is 2.52. The van der Waals surface area contributed by atoms with Gasteiger partial charge in [0, 0.05) is 6.20 Å². The van der Waals surface area contributed by atoms with Crippen LogP contribution in [0.5, 0.6) is 0 Å². The van der Waals surface area contributed by atoms with Crippen LogP contribution in [0.2, 0.25) is 0 Å². The van der Waals surface area contributed by atoms with E-state index in [4.69, 9.17) is 0 Å². The molecule has 0 N–H and O–H groups in total. The second-order valence-corrected chi connectivity index (χ2v) is 1.79. The third-order valence-electron chi connectivity index (χ3n) is 0.866. The second kappa shape index (κ2) is 2.32. The van der Waals surface area contributed by atoms with Gasteiger partial charge >= 0.3 is 6.18 Å². The van der Waals surface area contributed by atoms with Gasteiger partial charge in [0.05, 0.1) is 6.33 Å². The summed E-state index contributed by atoms with van der Waals surface area (Å²) < 4.78 is 35.6. The number of imidazole rings is 1. The summed E-state index contributed by atoms with van der Waals surface area (Å²) in [6.45, 7) is -0.997. The van der Waals surface area contributed by atoms with Crippen LogP contribution in [0.3, 0.4) is 0 Å². The predicted molar refractivity (Wildman–Crippen MR) is 27.1 cm³/mol. The van der Waals surface area contributed by atoms with E-state index in [2.05, 4.69) is 11.2 Å². The monoisotopic (exact) mass is 149 g/mol. The van der Waals surface area contributed by atoms with Crippen molar-refractivity contribution in [1.29, 1.82) is 0 Å². The number of hydrogen-bond acceptors (Lipinski definition) is 1. The number of halogens is 3. The fraction of sp³-hybridized carbons (Fsp3) is 0.400. The minimum atomic E-state index is -4.17. The Hall–Kier alpha value is -1.00. The molecule has 0 unspecified atom stereocenters. The van der Waals surface area contributed by atoms with E-state index in [0.717, 1.165) is 17.1 Å². The molecule has 55 valence electrons. The van der Waals surface area contributed by atoms with Gasteiger partial charge in [-0.1, -0.05) is 0 Å². The van der Waals surface area contributed by atoms with Crippen molar-refractivity contribution in [2.45, 2.75) is 12.7 Å². The zero-order chi connectivity index (χ0) is 7.61. The van der Waals surface area contributed by atoms with Gasteiger partial charge in [-0.15, -0.1) is 0 Å². The summed E-state index contributed by atoms with van der Waals surface area (Å²) in [6.07, 6.45) is 0.316. The summed E-state index contributed by atoms with van der Waals surface area (Å²) >= 11 is 0. The van der Waals surface area contributed by atoms with Crippen LogP contribution >= 0.6 is 0 Å².